The Balaban J connectivity index is 1.58. The van der Waals surface area contributed by atoms with Gasteiger partial charge < -0.3 is 4.74 Å². The van der Waals surface area contributed by atoms with Crippen LogP contribution in [0.4, 0.5) is 11.4 Å². The molecular weight excluding hydrogens is 472 g/mol. The van der Waals surface area contributed by atoms with Crippen molar-refractivity contribution in [2.45, 2.75) is 19.1 Å². The zero-order valence-electron chi connectivity index (χ0n) is 17.6. The van der Waals surface area contributed by atoms with E-state index in [-0.39, 0.29) is 11.8 Å². The number of imide groups is 1. The van der Waals surface area contributed by atoms with Crippen LogP contribution >= 0.6 is 15.9 Å². The molecule has 2 amide bonds. The number of anilines is 2. The van der Waals surface area contributed by atoms with Gasteiger partial charge >= 0.3 is 0 Å². The predicted molar refractivity (Wildman–Crippen MR) is 124 cm³/mol. The van der Waals surface area contributed by atoms with Crippen LogP contribution in [0.25, 0.3) is 0 Å². The first-order valence-corrected chi connectivity index (χ1v) is 11.1. The summed E-state index contributed by atoms with van der Waals surface area (Å²) >= 11 is 3.50. The molecule has 32 heavy (non-hydrogen) atoms. The lowest BCUT2D eigenvalue weighted by Crippen LogP contribution is -2.37. The topological polar surface area (TPSA) is 59.1 Å². The van der Waals surface area contributed by atoms with Crippen molar-refractivity contribution >= 4 is 39.1 Å². The van der Waals surface area contributed by atoms with Crippen LogP contribution in [-0.4, -0.2) is 25.0 Å². The normalized spacial score (nSPS) is 22.4. The van der Waals surface area contributed by atoms with Gasteiger partial charge in [0.05, 0.1) is 24.5 Å². The Morgan fingerprint density at radius 2 is 1.62 bits per heavy atom. The second-order valence-corrected chi connectivity index (χ2v) is 8.84. The molecule has 2 aliphatic heterocycles. The number of aryl methyl sites for hydroxylation is 1. The molecule has 7 heteroatoms. The standard InChI is InChI=1S/C25H21BrN2O4/c1-15-9-11-16(12-10-15)22-21-23(32-28(22)19-7-3-5-17(26)13-19)25(30)27(24(21)29)18-6-4-8-20(14-18)31-2/h3-14,21-23H,1-2H3/t21-,22-,23+/m0/s1. The van der Waals surface area contributed by atoms with Crippen LogP contribution in [0, 0.1) is 12.8 Å². The monoisotopic (exact) mass is 492 g/mol. The van der Waals surface area contributed by atoms with E-state index in [1.807, 2.05) is 55.5 Å². The molecule has 0 N–H and O–H groups in total. The lowest BCUT2D eigenvalue weighted by Gasteiger charge is -2.29. The molecule has 0 bridgehead atoms. The molecule has 3 atom stereocenters. The molecule has 0 aromatic heterocycles. The Morgan fingerprint density at radius 1 is 0.906 bits per heavy atom. The number of halogens is 1. The second kappa shape index (κ2) is 8.07. The van der Waals surface area contributed by atoms with E-state index >= 15 is 0 Å². The zero-order chi connectivity index (χ0) is 22.4. The van der Waals surface area contributed by atoms with Crippen molar-refractivity contribution < 1.29 is 19.2 Å². The minimum absolute atomic E-state index is 0.281. The molecule has 0 saturated carbocycles. The number of rotatable bonds is 4. The number of ether oxygens (including phenoxy) is 1. The molecule has 2 fully saturated rings. The predicted octanol–water partition coefficient (Wildman–Crippen LogP) is 4.82. The summed E-state index contributed by atoms with van der Waals surface area (Å²) in [4.78, 5) is 34.4. The summed E-state index contributed by atoms with van der Waals surface area (Å²) in [5, 5.41) is 1.70. The highest BCUT2D eigenvalue weighted by molar-refractivity contribution is 9.10. The highest BCUT2D eigenvalue weighted by Gasteiger charge is 2.60. The molecule has 2 heterocycles. The highest BCUT2D eigenvalue weighted by Crippen LogP contribution is 2.48. The van der Waals surface area contributed by atoms with Gasteiger partial charge in [0.2, 0.25) is 5.91 Å². The van der Waals surface area contributed by atoms with E-state index in [1.54, 1.807) is 36.4 Å². The van der Waals surface area contributed by atoms with Gasteiger partial charge in [-0.25, -0.2) is 9.96 Å². The number of nitrogens with zero attached hydrogens (tertiary/aromatic N) is 2. The Kier molecular flexibility index (Phi) is 5.23. The molecule has 3 aromatic rings. The van der Waals surface area contributed by atoms with Crippen molar-refractivity contribution in [1.82, 2.24) is 0 Å². The van der Waals surface area contributed by atoms with Gasteiger partial charge in [-0.2, -0.15) is 0 Å². The molecule has 3 aromatic carbocycles. The van der Waals surface area contributed by atoms with Crippen LogP contribution in [0.5, 0.6) is 5.75 Å². The molecule has 0 spiro atoms. The summed E-state index contributed by atoms with van der Waals surface area (Å²) in [6.07, 6.45) is -0.904. The number of hydrogen-bond acceptors (Lipinski definition) is 5. The summed E-state index contributed by atoms with van der Waals surface area (Å²) in [5.74, 6) is -0.749. The van der Waals surface area contributed by atoms with Crippen molar-refractivity contribution in [3.05, 3.63) is 88.4 Å². The van der Waals surface area contributed by atoms with Gasteiger partial charge in [-0.05, 0) is 42.8 Å². The summed E-state index contributed by atoms with van der Waals surface area (Å²) in [7, 11) is 1.55. The van der Waals surface area contributed by atoms with E-state index in [0.29, 0.717) is 11.4 Å². The summed E-state index contributed by atoms with van der Waals surface area (Å²) in [6.45, 7) is 2.01. The molecule has 2 aliphatic rings. The number of benzene rings is 3. The lowest BCUT2D eigenvalue weighted by atomic mass is 9.90. The molecular formula is C25H21BrN2O4. The number of carbonyl (C=O) groups excluding carboxylic acids is 2. The maximum atomic E-state index is 13.6. The van der Waals surface area contributed by atoms with Crippen molar-refractivity contribution in [3.8, 4) is 5.75 Å². The van der Waals surface area contributed by atoms with E-state index in [4.69, 9.17) is 9.57 Å². The number of methoxy groups -OCH3 is 1. The zero-order valence-corrected chi connectivity index (χ0v) is 19.2. The fourth-order valence-corrected chi connectivity index (χ4v) is 4.75. The average Bonchev–Trinajstić information content (AvgIpc) is 3.30. The minimum Gasteiger partial charge on any atom is -0.497 e. The van der Waals surface area contributed by atoms with Gasteiger partial charge in [-0.3, -0.25) is 14.4 Å². The third kappa shape index (κ3) is 3.38. The first kappa shape index (κ1) is 20.7. The number of hydroxylamine groups is 1. The summed E-state index contributed by atoms with van der Waals surface area (Å²) in [5.41, 5.74) is 3.28. The van der Waals surface area contributed by atoms with Crippen LogP contribution in [0.1, 0.15) is 17.2 Å². The van der Waals surface area contributed by atoms with Crippen molar-refractivity contribution in [1.29, 1.82) is 0 Å². The average molecular weight is 493 g/mol. The van der Waals surface area contributed by atoms with Gasteiger partial charge in [-0.15, -0.1) is 0 Å². The minimum atomic E-state index is -0.904. The number of amides is 2. The largest absolute Gasteiger partial charge is 0.497 e. The molecule has 0 unspecified atom stereocenters. The van der Waals surface area contributed by atoms with Gasteiger partial charge in [-0.1, -0.05) is 57.9 Å². The van der Waals surface area contributed by atoms with E-state index in [1.165, 1.54) is 4.90 Å². The third-order valence-corrected chi connectivity index (χ3v) is 6.40. The quantitative estimate of drug-likeness (QED) is 0.488. The maximum Gasteiger partial charge on any atom is 0.266 e. The van der Waals surface area contributed by atoms with Crippen LogP contribution in [0.2, 0.25) is 0 Å². The SMILES string of the molecule is COc1cccc(N2C(=O)[C@@H]3[C@@H](ON(c4cccc(Br)c4)[C@H]3c3ccc(C)cc3)C2=O)c1. The van der Waals surface area contributed by atoms with Crippen molar-refractivity contribution in [2.75, 3.05) is 17.1 Å². The van der Waals surface area contributed by atoms with Gasteiger partial charge in [0.25, 0.3) is 5.91 Å². The smallest absolute Gasteiger partial charge is 0.266 e. The number of hydrogen-bond donors (Lipinski definition) is 0. The maximum absolute atomic E-state index is 13.6. The Bertz CT molecular complexity index is 1200. The van der Waals surface area contributed by atoms with E-state index in [2.05, 4.69) is 15.9 Å². The van der Waals surface area contributed by atoms with Gasteiger partial charge in [0, 0.05) is 10.5 Å². The van der Waals surface area contributed by atoms with Crippen molar-refractivity contribution in [3.63, 3.8) is 0 Å². The number of fused-ring (bicyclic) bond motifs is 1. The second-order valence-electron chi connectivity index (χ2n) is 7.93. The van der Waals surface area contributed by atoms with E-state index in [0.717, 1.165) is 21.3 Å². The first-order valence-electron chi connectivity index (χ1n) is 10.3. The van der Waals surface area contributed by atoms with Gasteiger partial charge in [0.1, 0.15) is 11.7 Å². The number of carbonyl (C=O) groups is 2. The third-order valence-electron chi connectivity index (χ3n) is 5.91. The summed E-state index contributed by atoms with van der Waals surface area (Å²) < 4.78 is 6.16. The van der Waals surface area contributed by atoms with Crippen LogP contribution < -0.4 is 14.7 Å². The molecule has 2 saturated heterocycles. The van der Waals surface area contributed by atoms with Crippen LogP contribution in [0.3, 0.4) is 0 Å². The lowest BCUT2D eigenvalue weighted by molar-refractivity contribution is -0.126. The fourth-order valence-electron chi connectivity index (χ4n) is 4.36. The molecule has 5 rings (SSSR count). The van der Waals surface area contributed by atoms with Crippen LogP contribution in [0.15, 0.2) is 77.3 Å². The highest BCUT2D eigenvalue weighted by atomic mass is 79.9. The molecule has 0 aliphatic carbocycles. The Morgan fingerprint density at radius 3 is 2.34 bits per heavy atom. The molecule has 6 nitrogen and oxygen atoms in total. The van der Waals surface area contributed by atoms with E-state index < -0.39 is 18.1 Å². The first-order chi connectivity index (χ1) is 15.5. The Labute approximate surface area is 194 Å². The van der Waals surface area contributed by atoms with Crippen molar-refractivity contribution in [2.24, 2.45) is 5.92 Å². The van der Waals surface area contributed by atoms with Crippen LogP contribution in [-0.2, 0) is 14.4 Å². The molecule has 162 valence electrons. The fraction of sp³-hybridized carbons (Fsp3) is 0.200. The molecule has 0 radical (unpaired) electrons. The Hall–Kier alpha value is -3.16. The van der Waals surface area contributed by atoms with E-state index in [9.17, 15) is 9.59 Å². The summed E-state index contributed by atoms with van der Waals surface area (Å²) in [6, 6.07) is 22.1. The van der Waals surface area contributed by atoms with Gasteiger partial charge in [0.15, 0.2) is 6.10 Å².